The number of nitrogens with one attached hydrogen (secondary N) is 1. The van der Waals surface area contributed by atoms with Crippen LogP contribution in [0, 0.1) is 0 Å². The van der Waals surface area contributed by atoms with Crippen LogP contribution in [-0.2, 0) is 14.3 Å². The fourth-order valence-corrected chi connectivity index (χ4v) is 3.07. The summed E-state index contributed by atoms with van der Waals surface area (Å²) in [7, 11) is 0. The van der Waals surface area contributed by atoms with Crippen molar-refractivity contribution >= 4 is 17.8 Å². The second kappa shape index (κ2) is 12.6. The molecule has 2 rings (SSSR count). The molecule has 8 nitrogen and oxygen atoms in total. The van der Waals surface area contributed by atoms with Gasteiger partial charge in [0.1, 0.15) is 19.3 Å². The van der Waals surface area contributed by atoms with Gasteiger partial charge in [-0.2, -0.15) is 15.0 Å². The average Bonchev–Trinajstić information content (AvgIpc) is 3.22. The van der Waals surface area contributed by atoms with Gasteiger partial charge >= 0.3 is 0 Å². The van der Waals surface area contributed by atoms with Gasteiger partial charge in [0.25, 0.3) is 0 Å². The van der Waals surface area contributed by atoms with Gasteiger partial charge in [0.05, 0.1) is 0 Å². The van der Waals surface area contributed by atoms with Gasteiger partial charge in [-0.05, 0) is 25.7 Å². The highest BCUT2D eigenvalue weighted by Crippen LogP contribution is 2.33. The number of rotatable bonds is 13. The first-order valence-electron chi connectivity index (χ1n) is 10.6. The molecule has 1 aromatic heterocycles. The van der Waals surface area contributed by atoms with Crippen molar-refractivity contribution in [2.45, 2.75) is 78.1 Å². The second-order valence-corrected chi connectivity index (χ2v) is 7.22. The molecule has 8 heteroatoms. The largest absolute Gasteiger partial charge is 0.361 e. The molecular weight excluding hydrogens is 358 g/mol. The maximum absolute atomic E-state index is 12.2. The summed E-state index contributed by atoms with van der Waals surface area (Å²) in [6, 6.07) is 0. The molecule has 0 unspecified atom stereocenters. The lowest BCUT2D eigenvalue weighted by Crippen LogP contribution is -2.33. The van der Waals surface area contributed by atoms with Crippen LogP contribution in [-0.4, -0.2) is 47.5 Å². The van der Waals surface area contributed by atoms with E-state index in [0.29, 0.717) is 37.8 Å². The van der Waals surface area contributed by atoms with E-state index in [9.17, 15) is 4.79 Å². The number of aromatic nitrogens is 3. The minimum absolute atomic E-state index is 0.148. The Balaban J connectivity index is 2.13. The van der Waals surface area contributed by atoms with Gasteiger partial charge in [-0.25, -0.2) is 0 Å². The predicted octanol–water partition coefficient (Wildman–Crippen LogP) is 3.84. The lowest BCUT2D eigenvalue weighted by molar-refractivity contribution is -0.117. The van der Waals surface area contributed by atoms with E-state index < -0.39 is 0 Å². The number of anilines is 2. The standard InChI is InChI=1S/C20H35N5O3/c1-4-6-12-27-14-21-19-22-18(17-10-8-9-11-17)23-20(24-19)25(16(3)26)15-28-13-7-5-2/h17H,4-15H2,1-3H3,(H,21,22,23,24). The zero-order valence-corrected chi connectivity index (χ0v) is 17.6. The minimum Gasteiger partial charge on any atom is -0.361 e. The number of unbranched alkanes of at least 4 members (excludes halogenated alkanes) is 2. The van der Waals surface area contributed by atoms with Crippen molar-refractivity contribution < 1.29 is 14.3 Å². The number of nitrogens with zero attached hydrogens (tertiary/aromatic N) is 4. The van der Waals surface area contributed by atoms with Crippen LogP contribution in [0.1, 0.15) is 83.9 Å². The zero-order valence-electron chi connectivity index (χ0n) is 17.6. The summed E-state index contributed by atoms with van der Waals surface area (Å²) >= 11 is 0. The molecule has 158 valence electrons. The van der Waals surface area contributed by atoms with E-state index in [-0.39, 0.29) is 12.6 Å². The number of hydrogen-bond donors (Lipinski definition) is 1. The number of carbonyl (C=O) groups is 1. The first-order valence-corrected chi connectivity index (χ1v) is 10.6. The summed E-state index contributed by atoms with van der Waals surface area (Å²) in [6.07, 6.45) is 8.63. The lowest BCUT2D eigenvalue weighted by Gasteiger charge is -2.21. The zero-order chi connectivity index (χ0) is 20.2. The smallest absolute Gasteiger partial charge is 0.239 e. The molecule has 1 aliphatic rings. The molecular formula is C20H35N5O3. The summed E-state index contributed by atoms with van der Waals surface area (Å²) in [4.78, 5) is 27.3. The Morgan fingerprint density at radius 2 is 1.75 bits per heavy atom. The van der Waals surface area contributed by atoms with Crippen molar-refractivity contribution in [3.05, 3.63) is 5.82 Å². The lowest BCUT2D eigenvalue weighted by atomic mass is 10.1. The maximum Gasteiger partial charge on any atom is 0.239 e. The van der Waals surface area contributed by atoms with Gasteiger partial charge < -0.3 is 14.8 Å². The molecule has 0 atom stereocenters. The molecule has 1 heterocycles. The maximum atomic E-state index is 12.2. The van der Waals surface area contributed by atoms with Crippen molar-refractivity contribution in [1.82, 2.24) is 15.0 Å². The van der Waals surface area contributed by atoms with E-state index in [1.54, 1.807) is 0 Å². The molecule has 0 aliphatic heterocycles. The molecule has 1 amide bonds. The molecule has 0 spiro atoms. The van der Waals surface area contributed by atoms with E-state index in [4.69, 9.17) is 9.47 Å². The van der Waals surface area contributed by atoms with Gasteiger partial charge in [-0.1, -0.05) is 39.5 Å². The third-order valence-corrected chi connectivity index (χ3v) is 4.82. The monoisotopic (exact) mass is 393 g/mol. The molecule has 0 radical (unpaired) electrons. The van der Waals surface area contributed by atoms with E-state index >= 15 is 0 Å². The molecule has 1 aliphatic carbocycles. The molecule has 1 fully saturated rings. The van der Waals surface area contributed by atoms with Crippen molar-refractivity contribution in [3.8, 4) is 0 Å². The number of amides is 1. The summed E-state index contributed by atoms with van der Waals surface area (Å²) in [6.45, 7) is 7.52. The van der Waals surface area contributed by atoms with Crippen LogP contribution in [0.5, 0.6) is 0 Å². The Morgan fingerprint density at radius 1 is 1.07 bits per heavy atom. The second-order valence-electron chi connectivity index (χ2n) is 7.22. The van der Waals surface area contributed by atoms with Crippen LogP contribution in [0.25, 0.3) is 0 Å². The van der Waals surface area contributed by atoms with E-state index in [1.807, 2.05) is 0 Å². The number of ether oxygens (including phenoxy) is 2. The predicted molar refractivity (Wildman–Crippen MR) is 109 cm³/mol. The summed E-state index contributed by atoms with van der Waals surface area (Å²) in [5, 5.41) is 3.11. The normalized spacial score (nSPS) is 14.4. The fraction of sp³-hybridized carbons (Fsp3) is 0.800. The first kappa shape index (κ1) is 22.5. The van der Waals surface area contributed by atoms with Crippen LogP contribution in [0.2, 0.25) is 0 Å². The fourth-order valence-electron chi connectivity index (χ4n) is 3.07. The van der Waals surface area contributed by atoms with Crippen LogP contribution in [0.15, 0.2) is 0 Å². The minimum atomic E-state index is -0.148. The van der Waals surface area contributed by atoms with Gasteiger partial charge in [-0.3, -0.25) is 9.69 Å². The van der Waals surface area contributed by atoms with Gasteiger partial charge in [-0.15, -0.1) is 0 Å². The highest BCUT2D eigenvalue weighted by Gasteiger charge is 2.24. The Kier molecular flexibility index (Phi) is 10.1. The van der Waals surface area contributed by atoms with E-state index in [2.05, 4.69) is 34.1 Å². The Labute approximate surface area is 168 Å². The quantitative estimate of drug-likeness (QED) is 0.402. The van der Waals surface area contributed by atoms with Crippen LogP contribution in [0.3, 0.4) is 0 Å². The summed E-state index contributed by atoms with van der Waals surface area (Å²) in [5.41, 5.74) is 0. The highest BCUT2D eigenvalue weighted by molar-refractivity contribution is 5.89. The van der Waals surface area contributed by atoms with Gasteiger partial charge in [0.2, 0.25) is 17.8 Å². The number of carbonyl (C=O) groups excluding carboxylic acids is 1. The highest BCUT2D eigenvalue weighted by atomic mass is 16.5. The summed E-state index contributed by atoms with van der Waals surface area (Å²) < 4.78 is 11.2. The Hall–Kier alpha value is -1.80. The molecule has 28 heavy (non-hydrogen) atoms. The van der Waals surface area contributed by atoms with Crippen molar-refractivity contribution in [1.29, 1.82) is 0 Å². The first-order chi connectivity index (χ1) is 13.7. The van der Waals surface area contributed by atoms with Crippen LogP contribution < -0.4 is 10.2 Å². The van der Waals surface area contributed by atoms with Crippen molar-refractivity contribution in [3.63, 3.8) is 0 Å². The van der Waals surface area contributed by atoms with E-state index in [1.165, 1.54) is 24.7 Å². The third-order valence-electron chi connectivity index (χ3n) is 4.82. The summed E-state index contributed by atoms with van der Waals surface area (Å²) in [5.74, 6) is 1.71. The van der Waals surface area contributed by atoms with Crippen LogP contribution >= 0.6 is 0 Å². The van der Waals surface area contributed by atoms with Crippen molar-refractivity contribution in [2.24, 2.45) is 0 Å². The third kappa shape index (κ3) is 7.31. The molecule has 0 saturated heterocycles. The average molecular weight is 394 g/mol. The Bertz CT molecular complexity index is 593. The van der Waals surface area contributed by atoms with Gasteiger partial charge in [0, 0.05) is 26.1 Å². The van der Waals surface area contributed by atoms with Crippen molar-refractivity contribution in [2.75, 3.05) is 36.9 Å². The molecule has 0 bridgehead atoms. The molecule has 1 N–H and O–H groups in total. The SMILES string of the molecule is CCCCOCNc1nc(C2CCCC2)nc(N(COCCCC)C(C)=O)n1. The molecule has 0 aromatic carbocycles. The molecule has 1 aromatic rings. The topological polar surface area (TPSA) is 89.5 Å². The number of hydrogen-bond acceptors (Lipinski definition) is 7. The van der Waals surface area contributed by atoms with Crippen LogP contribution in [0.4, 0.5) is 11.9 Å². The molecule has 1 saturated carbocycles. The Morgan fingerprint density at radius 3 is 2.39 bits per heavy atom. The van der Waals surface area contributed by atoms with Gasteiger partial charge in [0.15, 0.2) is 0 Å². The van der Waals surface area contributed by atoms with E-state index in [0.717, 1.165) is 44.3 Å².